The van der Waals surface area contributed by atoms with E-state index >= 15 is 0 Å². The summed E-state index contributed by atoms with van der Waals surface area (Å²) in [4.78, 5) is 27.7. The molecule has 1 fully saturated rings. The highest BCUT2D eigenvalue weighted by molar-refractivity contribution is 6.03. The molecule has 1 aromatic rings. The lowest BCUT2D eigenvalue weighted by Gasteiger charge is -2.32. The Balaban J connectivity index is 1.83. The number of nitrogens with zero attached hydrogens (tertiary/aromatic N) is 3. The number of piperazine rings is 1. The van der Waals surface area contributed by atoms with Gasteiger partial charge in [0.05, 0.1) is 11.6 Å². The average Bonchev–Trinajstić information content (AvgIpc) is 2.48. The molecule has 0 radical (unpaired) electrons. The van der Waals surface area contributed by atoms with Gasteiger partial charge in [0.25, 0.3) is 0 Å². The number of carbonyl (C=O) groups is 2. The monoisotopic (exact) mass is 286 g/mol. The van der Waals surface area contributed by atoms with E-state index in [1.54, 1.807) is 29.2 Å². The van der Waals surface area contributed by atoms with Crippen LogP contribution < -0.4 is 5.32 Å². The van der Waals surface area contributed by atoms with E-state index in [9.17, 15) is 9.59 Å². The summed E-state index contributed by atoms with van der Waals surface area (Å²) in [6.07, 6.45) is -0.149. The van der Waals surface area contributed by atoms with Crippen molar-refractivity contribution in [1.29, 1.82) is 5.26 Å². The van der Waals surface area contributed by atoms with Crippen LogP contribution in [0.25, 0.3) is 0 Å². The normalized spacial score (nSPS) is 15.3. The van der Waals surface area contributed by atoms with Crippen LogP contribution in [0.4, 0.5) is 5.69 Å². The SMILES string of the molecule is CN1CCN(C(=O)CC(=O)Nc2ccc(C#N)cc2)CC1. The minimum atomic E-state index is -0.330. The van der Waals surface area contributed by atoms with Gasteiger partial charge in [-0.25, -0.2) is 0 Å². The van der Waals surface area contributed by atoms with E-state index in [0.717, 1.165) is 13.1 Å². The van der Waals surface area contributed by atoms with E-state index in [-0.39, 0.29) is 18.2 Å². The van der Waals surface area contributed by atoms with Crippen LogP contribution in [0, 0.1) is 11.3 Å². The third-order valence-corrected chi connectivity index (χ3v) is 3.47. The largest absolute Gasteiger partial charge is 0.340 e. The van der Waals surface area contributed by atoms with E-state index in [1.165, 1.54) is 0 Å². The first-order valence-corrected chi connectivity index (χ1v) is 6.85. The summed E-state index contributed by atoms with van der Waals surface area (Å²) in [5.41, 5.74) is 1.12. The summed E-state index contributed by atoms with van der Waals surface area (Å²) < 4.78 is 0. The third kappa shape index (κ3) is 4.29. The summed E-state index contributed by atoms with van der Waals surface area (Å²) >= 11 is 0. The second-order valence-corrected chi connectivity index (χ2v) is 5.10. The van der Waals surface area contributed by atoms with Crippen LogP contribution >= 0.6 is 0 Å². The van der Waals surface area contributed by atoms with Crippen molar-refractivity contribution in [2.75, 3.05) is 38.5 Å². The molecule has 0 bridgehead atoms. The van der Waals surface area contributed by atoms with Gasteiger partial charge in [0.15, 0.2) is 0 Å². The smallest absolute Gasteiger partial charge is 0.233 e. The van der Waals surface area contributed by atoms with Crippen molar-refractivity contribution in [3.8, 4) is 6.07 Å². The number of amides is 2. The van der Waals surface area contributed by atoms with Crippen molar-refractivity contribution < 1.29 is 9.59 Å². The maximum atomic E-state index is 12.0. The highest BCUT2D eigenvalue weighted by Gasteiger charge is 2.21. The Kier molecular flexibility index (Phi) is 4.90. The molecule has 1 heterocycles. The second-order valence-electron chi connectivity index (χ2n) is 5.10. The number of carbonyl (C=O) groups excluding carboxylic acids is 2. The predicted molar refractivity (Wildman–Crippen MR) is 78.5 cm³/mol. The Bertz CT molecular complexity index is 554. The molecule has 1 saturated heterocycles. The van der Waals surface area contributed by atoms with E-state index in [4.69, 9.17) is 5.26 Å². The molecule has 0 spiro atoms. The van der Waals surface area contributed by atoms with Gasteiger partial charge in [-0.15, -0.1) is 0 Å². The summed E-state index contributed by atoms with van der Waals surface area (Å²) in [6, 6.07) is 8.55. The van der Waals surface area contributed by atoms with Crippen LogP contribution in [0.5, 0.6) is 0 Å². The zero-order chi connectivity index (χ0) is 15.2. The average molecular weight is 286 g/mol. The van der Waals surface area contributed by atoms with Gasteiger partial charge in [-0.1, -0.05) is 0 Å². The topological polar surface area (TPSA) is 76.4 Å². The van der Waals surface area contributed by atoms with E-state index < -0.39 is 0 Å². The second kappa shape index (κ2) is 6.86. The number of benzene rings is 1. The Morgan fingerprint density at radius 2 is 1.81 bits per heavy atom. The van der Waals surface area contributed by atoms with E-state index in [2.05, 4.69) is 10.2 Å². The maximum Gasteiger partial charge on any atom is 0.233 e. The molecule has 0 atom stereocenters. The highest BCUT2D eigenvalue weighted by Crippen LogP contribution is 2.10. The summed E-state index contributed by atoms with van der Waals surface area (Å²) in [5.74, 6) is -0.474. The zero-order valence-electron chi connectivity index (χ0n) is 12.0. The molecule has 0 aliphatic carbocycles. The van der Waals surface area contributed by atoms with Crippen LogP contribution in [0.15, 0.2) is 24.3 Å². The van der Waals surface area contributed by atoms with Crippen molar-refractivity contribution in [1.82, 2.24) is 9.80 Å². The van der Waals surface area contributed by atoms with E-state index in [1.807, 2.05) is 13.1 Å². The first-order valence-electron chi connectivity index (χ1n) is 6.85. The van der Waals surface area contributed by atoms with Gasteiger partial charge in [-0.2, -0.15) is 5.26 Å². The van der Waals surface area contributed by atoms with Crippen LogP contribution in [-0.4, -0.2) is 54.8 Å². The number of likely N-dealkylation sites (N-methyl/N-ethyl adjacent to an activating group) is 1. The molecule has 2 rings (SSSR count). The number of rotatable bonds is 3. The maximum absolute atomic E-state index is 12.0. The Labute approximate surface area is 123 Å². The Hall–Kier alpha value is -2.39. The fraction of sp³-hybridized carbons (Fsp3) is 0.400. The molecule has 0 saturated carbocycles. The first-order chi connectivity index (χ1) is 10.1. The standard InChI is InChI=1S/C15H18N4O2/c1-18-6-8-19(9-7-18)15(21)10-14(20)17-13-4-2-12(11-16)3-5-13/h2-5H,6-10H2,1H3,(H,17,20). The Morgan fingerprint density at radius 3 is 2.38 bits per heavy atom. The number of anilines is 1. The molecule has 21 heavy (non-hydrogen) atoms. The van der Waals surface area contributed by atoms with Crippen molar-refractivity contribution in [2.45, 2.75) is 6.42 Å². The number of hydrogen-bond donors (Lipinski definition) is 1. The summed E-state index contributed by atoms with van der Waals surface area (Å²) in [5, 5.41) is 11.4. The van der Waals surface area contributed by atoms with Crippen LogP contribution in [0.3, 0.4) is 0 Å². The quantitative estimate of drug-likeness (QED) is 0.828. The zero-order valence-corrected chi connectivity index (χ0v) is 12.0. The molecular weight excluding hydrogens is 268 g/mol. The summed E-state index contributed by atoms with van der Waals surface area (Å²) in [6.45, 7) is 3.00. The van der Waals surface area contributed by atoms with Crippen LogP contribution in [-0.2, 0) is 9.59 Å². The van der Waals surface area contributed by atoms with Crippen molar-refractivity contribution >= 4 is 17.5 Å². The molecule has 6 nitrogen and oxygen atoms in total. The van der Waals surface area contributed by atoms with Gasteiger partial charge in [0, 0.05) is 31.9 Å². The molecule has 1 aliphatic rings. The lowest BCUT2D eigenvalue weighted by Crippen LogP contribution is -2.47. The fourth-order valence-corrected chi connectivity index (χ4v) is 2.14. The molecule has 1 aromatic carbocycles. The van der Waals surface area contributed by atoms with Crippen LogP contribution in [0.2, 0.25) is 0 Å². The van der Waals surface area contributed by atoms with Crippen molar-refractivity contribution in [2.24, 2.45) is 0 Å². The van der Waals surface area contributed by atoms with Gasteiger partial charge < -0.3 is 15.1 Å². The molecule has 1 aliphatic heterocycles. The minimum Gasteiger partial charge on any atom is -0.340 e. The predicted octanol–water partition coefficient (Wildman–Crippen LogP) is 0.661. The molecule has 0 aromatic heterocycles. The van der Waals surface area contributed by atoms with Gasteiger partial charge in [0.1, 0.15) is 6.42 Å². The lowest BCUT2D eigenvalue weighted by atomic mass is 10.2. The van der Waals surface area contributed by atoms with Gasteiger partial charge >= 0.3 is 0 Å². The van der Waals surface area contributed by atoms with Gasteiger partial charge in [-0.05, 0) is 31.3 Å². The van der Waals surface area contributed by atoms with Crippen LogP contribution in [0.1, 0.15) is 12.0 Å². The minimum absolute atomic E-state index is 0.144. The van der Waals surface area contributed by atoms with Crippen molar-refractivity contribution in [3.63, 3.8) is 0 Å². The molecule has 1 N–H and O–H groups in total. The van der Waals surface area contributed by atoms with Gasteiger partial charge in [-0.3, -0.25) is 9.59 Å². The molecular formula is C15H18N4O2. The Morgan fingerprint density at radius 1 is 1.19 bits per heavy atom. The molecule has 0 unspecified atom stereocenters. The highest BCUT2D eigenvalue weighted by atomic mass is 16.2. The summed E-state index contributed by atoms with van der Waals surface area (Å²) in [7, 11) is 2.01. The fourth-order valence-electron chi connectivity index (χ4n) is 2.14. The first kappa shape index (κ1) is 15.0. The van der Waals surface area contributed by atoms with E-state index in [0.29, 0.717) is 24.3 Å². The molecule has 6 heteroatoms. The van der Waals surface area contributed by atoms with Gasteiger partial charge in [0.2, 0.25) is 11.8 Å². The lowest BCUT2D eigenvalue weighted by molar-refractivity contribution is -0.135. The van der Waals surface area contributed by atoms with Crippen molar-refractivity contribution in [3.05, 3.63) is 29.8 Å². The molecule has 110 valence electrons. The number of nitriles is 1. The number of nitrogens with one attached hydrogen (secondary N) is 1. The third-order valence-electron chi connectivity index (χ3n) is 3.47. The molecule has 2 amide bonds. The number of hydrogen-bond acceptors (Lipinski definition) is 4.